The van der Waals surface area contributed by atoms with E-state index >= 15 is 0 Å². The van der Waals surface area contributed by atoms with Crippen LogP contribution in [0.15, 0.2) is 66.7 Å². The molecular formula is C28H22ClN5O3. The van der Waals surface area contributed by atoms with Crippen LogP contribution in [0.2, 0.25) is 5.02 Å². The highest BCUT2D eigenvalue weighted by molar-refractivity contribution is 6.33. The lowest BCUT2D eigenvalue weighted by atomic mass is 10.0. The topological polar surface area (TPSA) is 96.8 Å². The van der Waals surface area contributed by atoms with Gasteiger partial charge in [-0.25, -0.2) is 14.5 Å². The zero-order valence-corrected chi connectivity index (χ0v) is 20.6. The van der Waals surface area contributed by atoms with E-state index in [1.807, 2.05) is 60.7 Å². The third kappa shape index (κ3) is 3.46. The minimum Gasteiger partial charge on any atom is -0.317 e. The molecule has 3 aliphatic rings. The van der Waals surface area contributed by atoms with E-state index in [0.29, 0.717) is 29.9 Å². The van der Waals surface area contributed by atoms with Crippen molar-refractivity contribution in [3.8, 4) is 17.2 Å². The van der Waals surface area contributed by atoms with E-state index in [1.54, 1.807) is 22.8 Å². The van der Waals surface area contributed by atoms with Gasteiger partial charge in [-0.3, -0.25) is 4.79 Å². The van der Waals surface area contributed by atoms with Gasteiger partial charge in [0, 0.05) is 12.1 Å². The second-order valence-corrected chi connectivity index (χ2v) is 9.82. The number of nitrogens with zero attached hydrogens (tertiary/aromatic N) is 4. The third-order valence-corrected chi connectivity index (χ3v) is 7.98. The van der Waals surface area contributed by atoms with Gasteiger partial charge in [-0.05, 0) is 42.7 Å². The molecule has 8 nitrogen and oxygen atoms in total. The van der Waals surface area contributed by atoms with Crippen LogP contribution in [0.3, 0.4) is 0 Å². The van der Waals surface area contributed by atoms with Crippen LogP contribution >= 0.6 is 11.6 Å². The fraction of sp³-hybridized carbons (Fsp3) is 0.214. The van der Waals surface area contributed by atoms with E-state index in [1.165, 1.54) is 6.07 Å². The maximum atomic E-state index is 13.6. The molecule has 3 saturated heterocycles. The minimum absolute atomic E-state index is 0.216. The number of amides is 5. The van der Waals surface area contributed by atoms with Crippen molar-refractivity contribution in [2.75, 3.05) is 16.8 Å². The van der Waals surface area contributed by atoms with Gasteiger partial charge < -0.3 is 15.1 Å². The monoisotopic (exact) mass is 511 g/mol. The highest BCUT2D eigenvalue weighted by Gasteiger charge is 2.63. The lowest BCUT2D eigenvalue weighted by Gasteiger charge is -2.35. The van der Waals surface area contributed by atoms with Gasteiger partial charge in [0.25, 0.3) is 5.91 Å². The summed E-state index contributed by atoms with van der Waals surface area (Å²) in [7, 11) is 0. The first kappa shape index (κ1) is 23.1. The smallest absolute Gasteiger partial charge is 0.317 e. The first-order chi connectivity index (χ1) is 17.9. The Bertz CT molecular complexity index is 1500. The van der Waals surface area contributed by atoms with Gasteiger partial charge >= 0.3 is 12.1 Å². The first-order valence-electron chi connectivity index (χ1n) is 12.0. The Hall–Kier alpha value is -4.35. The number of nitrogens with one attached hydrogen (secondary N) is 1. The summed E-state index contributed by atoms with van der Waals surface area (Å²) in [5, 5.41) is 12.5. The summed E-state index contributed by atoms with van der Waals surface area (Å²) < 4.78 is 0. The molecule has 0 aromatic heterocycles. The molecule has 6 rings (SSSR count). The van der Waals surface area contributed by atoms with Crippen molar-refractivity contribution >= 4 is 40.9 Å². The number of likely N-dealkylation sites (tertiary alicyclic amines) is 1. The second kappa shape index (κ2) is 8.64. The van der Waals surface area contributed by atoms with Crippen molar-refractivity contribution in [1.29, 1.82) is 5.26 Å². The number of hydrogen-bond acceptors (Lipinski definition) is 4. The zero-order valence-electron chi connectivity index (χ0n) is 19.9. The molecule has 3 heterocycles. The lowest BCUT2D eigenvalue weighted by molar-refractivity contribution is -0.120. The largest absolute Gasteiger partial charge is 0.332 e. The fourth-order valence-corrected chi connectivity index (χ4v) is 5.97. The average molecular weight is 512 g/mol. The molecule has 0 spiro atoms. The Morgan fingerprint density at radius 2 is 1.78 bits per heavy atom. The maximum Gasteiger partial charge on any atom is 0.332 e. The van der Waals surface area contributed by atoms with Gasteiger partial charge in [0.15, 0.2) is 0 Å². The van der Waals surface area contributed by atoms with Crippen molar-refractivity contribution in [2.45, 2.75) is 31.5 Å². The Balaban J connectivity index is 1.26. The van der Waals surface area contributed by atoms with Crippen LogP contribution in [-0.4, -0.2) is 52.4 Å². The number of halogens is 1. The number of fused-ring (bicyclic) bond motifs is 5. The molecule has 9 heteroatoms. The van der Waals surface area contributed by atoms with Gasteiger partial charge in [-0.2, -0.15) is 5.26 Å². The van der Waals surface area contributed by atoms with E-state index in [-0.39, 0.29) is 28.6 Å². The van der Waals surface area contributed by atoms with Gasteiger partial charge in [0.2, 0.25) is 0 Å². The predicted octanol–water partition coefficient (Wildman–Crippen LogP) is 5.01. The number of imide groups is 1. The Morgan fingerprint density at radius 1 is 1.05 bits per heavy atom. The molecule has 0 saturated carbocycles. The van der Waals surface area contributed by atoms with Crippen molar-refractivity contribution in [3.63, 3.8) is 0 Å². The van der Waals surface area contributed by atoms with Crippen LogP contribution in [-0.2, 0) is 4.79 Å². The number of rotatable bonds is 3. The average Bonchev–Trinajstić information content (AvgIpc) is 3.58. The van der Waals surface area contributed by atoms with Crippen LogP contribution in [0, 0.1) is 18.3 Å². The molecule has 3 aliphatic heterocycles. The molecule has 0 aliphatic carbocycles. The quantitative estimate of drug-likeness (QED) is 0.500. The van der Waals surface area contributed by atoms with Crippen molar-refractivity contribution in [1.82, 2.24) is 9.80 Å². The zero-order chi connectivity index (χ0) is 25.8. The number of urea groups is 2. The highest BCUT2D eigenvalue weighted by Crippen LogP contribution is 2.44. The van der Waals surface area contributed by atoms with Crippen molar-refractivity contribution in [2.24, 2.45) is 0 Å². The third-order valence-electron chi connectivity index (χ3n) is 7.50. The summed E-state index contributed by atoms with van der Waals surface area (Å²) in [5.41, 5.74) is 3.69. The van der Waals surface area contributed by atoms with E-state index in [4.69, 9.17) is 11.6 Å². The summed E-state index contributed by atoms with van der Waals surface area (Å²) in [4.78, 5) is 44.8. The molecule has 37 heavy (non-hydrogen) atoms. The summed E-state index contributed by atoms with van der Waals surface area (Å²) in [6.07, 6.45) is 0.552. The molecule has 1 N–H and O–H groups in total. The predicted molar refractivity (Wildman–Crippen MR) is 139 cm³/mol. The van der Waals surface area contributed by atoms with E-state index < -0.39 is 18.1 Å². The normalized spacial score (nSPS) is 21.9. The molecule has 3 aromatic carbocycles. The number of anilines is 2. The molecule has 3 atom stereocenters. The first-order valence-corrected chi connectivity index (χ1v) is 12.4. The van der Waals surface area contributed by atoms with Gasteiger partial charge in [-0.1, -0.05) is 60.1 Å². The van der Waals surface area contributed by atoms with E-state index in [9.17, 15) is 19.6 Å². The number of nitriles is 1. The molecule has 3 aromatic rings. The second-order valence-electron chi connectivity index (χ2n) is 9.44. The number of piperazine rings is 1. The SMILES string of the molecule is Cc1c(N2C(=O)C3C4C[C@H](CN4C(=O)Nc4ccccc4-c4ccccc4)N3C2=O)ccc(C#N)c1Cl. The van der Waals surface area contributed by atoms with Gasteiger partial charge in [0.1, 0.15) is 12.1 Å². The number of carbonyl (C=O) groups excluding carboxylic acids is 3. The van der Waals surface area contributed by atoms with E-state index in [2.05, 4.69) is 5.32 Å². The Labute approximate surface area is 218 Å². The number of para-hydroxylation sites is 1. The summed E-state index contributed by atoms with van der Waals surface area (Å²) >= 11 is 6.31. The van der Waals surface area contributed by atoms with Crippen LogP contribution in [0.4, 0.5) is 21.0 Å². The van der Waals surface area contributed by atoms with E-state index in [0.717, 1.165) is 16.0 Å². The molecule has 2 bridgehead atoms. The van der Waals surface area contributed by atoms with Crippen LogP contribution in [0.5, 0.6) is 0 Å². The van der Waals surface area contributed by atoms with Gasteiger partial charge in [-0.15, -0.1) is 0 Å². The Kier molecular flexibility index (Phi) is 5.39. The minimum atomic E-state index is -0.754. The summed E-state index contributed by atoms with van der Waals surface area (Å²) in [6, 6.07) is 20.3. The van der Waals surface area contributed by atoms with Crippen LogP contribution in [0.25, 0.3) is 11.1 Å². The summed E-state index contributed by atoms with van der Waals surface area (Å²) in [6.45, 7) is 2.03. The molecule has 184 valence electrons. The molecule has 3 fully saturated rings. The van der Waals surface area contributed by atoms with Crippen LogP contribution < -0.4 is 10.2 Å². The fourth-order valence-electron chi connectivity index (χ4n) is 5.76. The van der Waals surface area contributed by atoms with Crippen molar-refractivity contribution in [3.05, 3.63) is 82.9 Å². The van der Waals surface area contributed by atoms with Gasteiger partial charge in [0.05, 0.1) is 34.0 Å². The molecule has 2 unspecified atom stereocenters. The number of carbonyl (C=O) groups is 3. The number of hydrogen-bond donors (Lipinski definition) is 1. The standard InChI is InChI=1S/C28H22ClN5O3/c1-16-22(12-11-18(14-30)24(16)29)34-26(35)25-23-13-19(33(25)28(34)37)15-32(23)27(36)31-21-10-6-5-9-20(21)17-7-3-2-4-8-17/h2-12,19,23,25H,13,15H2,1H3,(H,31,36)/t19-,23?,25?/m1/s1. The molecule has 0 radical (unpaired) electrons. The highest BCUT2D eigenvalue weighted by atomic mass is 35.5. The lowest BCUT2D eigenvalue weighted by Crippen LogP contribution is -2.55. The maximum absolute atomic E-state index is 13.6. The van der Waals surface area contributed by atoms with Crippen LogP contribution in [0.1, 0.15) is 17.5 Å². The number of benzene rings is 3. The molecule has 5 amide bonds. The molecular weight excluding hydrogens is 490 g/mol. The van der Waals surface area contributed by atoms with Crippen molar-refractivity contribution < 1.29 is 14.4 Å². The summed E-state index contributed by atoms with van der Waals surface area (Å²) in [5.74, 6) is -0.386. The Morgan fingerprint density at radius 3 is 2.54 bits per heavy atom.